The van der Waals surface area contributed by atoms with E-state index in [1.54, 1.807) is 0 Å². The van der Waals surface area contributed by atoms with E-state index in [0.29, 0.717) is 32.5 Å². The maximum absolute atomic E-state index is 12.6. The van der Waals surface area contributed by atoms with E-state index < -0.39 is 0 Å². The lowest BCUT2D eigenvalue weighted by Gasteiger charge is -2.32. The lowest BCUT2D eigenvalue weighted by Crippen LogP contribution is -2.43. The van der Waals surface area contributed by atoms with Crippen molar-refractivity contribution < 1.29 is 19.1 Å². The molecule has 1 fully saturated rings. The summed E-state index contributed by atoms with van der Waals surface area (Å²) >= 11 is 0. The van der Waals surface area contributed by atoms with Crippen LogP contribution in [0.2, 0.25) is 0 Å². The maximum atomic E-state index is 12.6. The molecule has 2 aliphatic rings. The van der Waals surface area contributed by atoms with Gasteiger partial charge in [0.05, 0.1) is 13.0 Å². The fourth-order valence-electron chi connectivity index (χ4n) is 3.09. The Kier molecular flexibility index (Phi) is 3.82. The van der Waals surface area contributed by atoms with Crippen molar-refractivity contribution in [3.63, 3.8) is 0 Å². The SMILES string of the molecule is COC(=O)C1CCN(C(=O)C2COc3ccccc32)CC1. The molecule has 5 nitrogen and oxygen atoms in total. The molecule has 5 heteroatoms. The number of carbonyl (C=O) groups excluding carboxylic acids is 2. The number of esters is 1. The number of benzene rings is 1. The lowest BCUT2D eigenvalue weighted by atomic mass is 9.94. The zero-order valence-electron chi connectivity index (χ0n) is 12.1. The van der Waals surface area contributed by atoms with Crippen molar-refractivity contribution in [2.24, 2.45) is 5.92 Å². The van der Waals surface area contributed by atoms with Gasteiger partial charge in [-0.15, -0.1) is 0 Å². The van der Waals surface area contributed by atoms with Gasteiger partial charge in [0.25, 0.3) is 0 Å². The number of nitrogens with zero attached hydrogens (tertiary/aromatic N) is 1. The lowest BCUT2D eigenvalue weighted by molar-refractivity contribution is -0.149. The molecule has 1 aromatic rings. The third-order valence-corrected chi connectivity index (χ3v) is 4.34. The zero-order valence-corrected chi connectivity index (χ0v) is 12.1. The number of likely N-dealkylation sites (tertiary alicyclic amines) is 1. The molecule has 1 unspecified atom stereocenters. The minimum absolute atomic E-state index is 0.0776. The number of ether oxygens (including phenoxy) is 2. The average molecular weight is 289 g/mol. The Labute approximate surface area is 123 Å². The van der Waals surface area contributed by atoms with Crippen LogP contribution in [-0.2, 0) is 14.3 Å². The van der Waals surface area contributed by atoms with E-state index in [9.17, 15) is 9.59 Å². The second-order valence-electron chi connectivity index (χ2n) is 5.52. The monoisotopic (exact) mass is 289 g/mol. The summed E-state index contributed by atoms with van der Waals surface area (Å²) in [6.45, 7) is 1.63. The van der Waals surface area contributed by atoms with Crippen molar-refractivity contribution in [3.8, 4) is 5.75 Å². The maximum Gasteiger partial charge on any atom is 0.308 e. The highest BCUT2D eigenvalue weighted by atomic mass is 16.5. The molecule has 2 heterocycles. The third-order valence-electron chi connectivity index (χ3n) is 4.34. The van der Waals surface area contributed by atoms with Gasteiger partial charge in [0.2, 0.25) is 5.91 Å². The first kappa shape index (κ1) is 13.9. The van der Waals surface area contributed by atoms with E-state index in [-0.39, 0.29) is 23.7 Å². The molecule has 1 atom stereocenters. The fourth-order valence-corrected chi connectivity index (χ4v) is 3.09. The van der Waals surface area contributed by atoms with Crippen LogP contribution < -0.4 is 4.74 Å². The van der Waals surface area contributed by atoms with Crippen LogP contribution in [0.5, 0.6) is 5.75 Å². The normalized spacial score (nSPS) is 21.6. The van der Waals surface area contributed by atoms with Gasteiger partial charge in [0, 0.05) is 18.7 Å². The molecule has 0 aliphatic carbocycles. The quantitative estimate of drug-likeness (QED) is 0.776. The highest BCUT2D eigenvalue weighted by molar-refractivity contribution is 5.86. The molecule has 0 radical (unpaired) electrons. The van der Waals surface area contributed by atoms with Crippen molar-refractivity contribution >= 4 is 11.9 Å². The van der Waals surface area contributed by atoms with Crippen molar-refractivity contribution in [1.82, 2.24) is 4.90 Å². The highest BCUT2D eigenvalue weighted by Gasteiger charge is 2.35. The first-order chi connectivity index (χ1) is 10.2. The van der Waals surface area contributed by atoms with E-state index in [1.807, 2.05) is 29.2 Å². The summed E-state index contributed by atoms with van der Waals surface area (Å²) in [5.74, 6) is 0.447. The number of amides is 1. The van der Waals surface area contributed by atoms with Gasteiger partial charge in [-0.1, -0.05) is 18.2 Å². The summed E-state index contributed by atoms with van der Waals surface area (Å²) in [6.07, 6.45) is 1.35. The Morgan fingerprint density at radius 2 is 1.95 bits per heavy atom. The third kappa shape index (κ3) is 2.60. The average Bonchev–Trinajstić information content (AvgIpc) is 2.97. The second-order valence-corrected chi connectivity index (χ2v) is 5.52. The molecule has 0 saturated carbocycles. The van der Waals surface area contributed by atoms with Crippen molar-refractivity contribution in [1.29, 1.82) is 0 Å². The topological polar surface area (TPSA) is 55.8 Å². The summed E-state index contributed by atoms with van der Waals surface area (Å²) in [4.78, 5) is 26.0. The van der Waals surface area contributed by atoms with Gasteiger partial charge in [-0.25, -0.2) is 0 Å². The number of carbonyl (C=O) groups is 2. The number of rotatable bonds is 2. The Hall–Kier alpha value is -2.04. The van der Waals surface area contributed by atoms with Gasteiger partial charge >= 0.3 is 5.97 Å². The van der Waals surface area contributed by atoms with Crippen LogP contribution in [0.1, 0.15) is 24.3 Å². The molecule has 1 saturated heterocycles. The Bertz CT molecular complexity index is 549. The number of fused-ring (bicyclic) bond motifs is 1. The van der Waals surface area contributed by atoms with E-state index in [0.717, 1.165) is 11.3 Å². The molecule has 0 N–H and O–H groups in total. The molecule has 2 aliphatic heterocycles. The number of methoxy groups -OCH3 is 1. The summed E-state index contributed by atoms with van der Waals surface area (Å²) in [7, 11) is 1.41. The summed E-state index contributed by atoms with van der Waals surface area (Å²) in [5, 5.41) is 0. The predicted octanol–water partition coefficient (Wildman–Crippen LogP) is 1.57. The van der Waals surface area contributed by atoms with Crippen molar-refractivity contribution in [2.45, 2.75) is 18.8 Å². The van der Waals surface area contributed by atoms with Gasteiger partial charge in [-0.05, 0) is 18.9 Å². The minimum atomic E-state index is -0.212. The van der Waals surface area contributed by atoms with Crippen LogP contribution in [0, 0.1) is 5.92 Å². The molecule has 0 spiro atoms. The van der Waals surface area contributed by atoms with E-state index in [2.05, 4.69) is 0 Å². The smallest absolute Gasteiger partial charge is 0.308 e. The Balaban J connectivity index is 1.64. The number of para-hydroxylation sites is 1. The molecule has 0 aromatic heterocycles. The predicted molar refractivity (Wildman–Crippen MR) is 76.0 cm³/mol. The molecule has 0 bridgehead atoms. The second kappa shape index (κ2) is 5.76. The Morgan fingerprint density at radius 3 is 2.67 bits per heavy atom. The molecule has 112 valence electrons. The zero-order chi connectivity index (χ0) is 14.8. The number of hydrogen-bond donors (Lipinski definition) is 0. The first-order valence-corrected chi connectivity index (χ1v) is 7.29. The van der Waals surface area contributed by atoms with Gasteiger partial charge in [-0.3, -0.25) is 9.59 Å². The van der Waals surface area contributed by atoms with Gasteiger partial charge in [0.15, 0.2) is 0 Å². The molecular formula is C16H19NO4. The molecule has 1 aromatic carbocycles. The molecule has 1 amide bonds. The summed E-state index contributed by atoms with van der Waals surface area (Å²) in [6, 6.07) is 7.68. The first-order valence-electron chi connectivity index (χ1n) is 7.29. The van der Waals surface area contributed by atoms with E-state index >= 15 is 0 Å². The van der Waals surface area contributed by atoms with E-state index in [1.165, 1.54) is 7.11 Å². The molecular weight excluding hydrogens is 270 g/mol. The minimum Gasteiger partial charge on any atom is -0.492 e. The highest BCUT2D eigenvalue weighted by Crippen LogP contribution is 2.35. The standard InChI is InChI=1S/C16H19NO4/c1-20-16(19)11-6-8-17(9-7-11)15(18)13-10-21-14-5-3-2-4-12(13)14/h2-5,11,13H,6-10H2,1H3. The van der Waals surface area contributed by atoms with Crippen LogP contribution in [0.25, 0.3) is 0 Å². The largest absolute Gasteiger partial charge is 0.492 e. The van der Waals surface area contributed by atoms with Gasteiger partial charge in [0.1, 0.15) is 18.3 Å². The van der Waals surface area contributed by atoms with Crippen LogP contribution in [0.3, 0.4) is 0 Å². The van der Waals surface area contributed by atoms with Crippen molar-refractivity contribution in [3.05, 3.63) is 29.8 Å². The number of hydrogen-bond acceptors (Lipinski definition) is 4. The van der Waals surface area contributed by atoms with Crippen LogP contribution >= 0.6 is 0 Å². The van der Waals surface area contributed by atoms with Crippen molar-refractivity contribution in [2.75, 3.05) is 26.8 Å². The van der Waals surface area contributed by atoms with Gasteiger partial charge in [-0.2, -0.15) is 0 Å². The fraction of sp³-hybridized carbons (Fsp3) is 0.500. The van der Waals surface area contributed by atoms with Crippen LogP contribution in [-0.4, -0.2) is 43.6 Å². The molecule has 3 rings (SSSR count). The summed E-state index contributed by atoms with van der Waals surface area (Å²) in [5.41, 5.74) is 0.970. The Morgan fingerprint density at radius 1 is 1.24 bits per heavy atom. The number of piperidine rings is 1. The van der Waals surface area contributed by atoms with Crippen LogP contribution in [0.4, 0.5) is 0 Å². The van der Waals surface area contributed by atoms with E-state index in [4.69, 9.17) is 9.47 Å². The summed E-state index contributed by atoms with van der Waals surface area (Å²) < 4.78 is 10.3. The van der Waals surface area contributed by atoms with Gasteiger partial charge < -0.3 is 14.4 Å². The van der Waals surface area contributed by atoms with Crippen LogP contribution in [0.15, 0.2) is 24.3 Å². The molecule has 21 heavy (non-hydrogen) atoms.